The number of thioether (sulfide) groups is 1. The number of rotatable bonds is 7. The highest BCUT2D eigenvalue weighted by atomic mass is 35.5. The molecule has 0 saturated heterocycles. The Kier molecular flexibility index (Phi) is 7.29. The average molecular weight is 400 g/mol. The van der Waals surface area contributed by atoms with Crippen LogP contribution in [0.1, 0.15) is 13.3 Å². The molecule has 0 fully saturated rings. The molecule has 0 aromatic heterocycles. The molecule has 1 N–H and O–H groups in total. The van der Waals surface area contributed by atoms with Gasteiger partial charge in [-0.3, -0.25) is 4.79 Å². The van der Waals surface area contributed by atoms with Gasteiger partial charge in [0.1, 0.15) is 11.5 Å². The lowest BCUT2D eigenvalue weighted by Crippen LogP contribution is -2.24. The number of carbonyl (C=O) groups is 1. The Morgan fingerprint density at radius 3 is 2.32 bits per heavy atom. The van der Waals surface area contributed by atoms with Gasteiger partial charge in [0.15, 0.2) is 0 Å². The standard InChI is InChI=1S/C18H19Cl2NO3S/c1-4-17(25-12-7-5-11(19)6-8-12)18(22)21-14-10-15(23-2)13(20)9-16(14)24-3/h5-10,17H,4H2,1-3H3,(H,21,22)/t17-/m0/s1. The van der Waals surface area contributed by atoms with Gasteiger partial charge in [-0.2, -0.15) is 0 Å². The van der Waals surface area contributed by atoms with Crippen molar-refractivity contribution in [3.63, 3.8) is 0 Å². The fourth-order valence-corrected chi connectivity index (χ4v) is 3.48. The van der Waals surface area contributed by atoms with E-state index >= 15 is 0 Å². The maximum absolute atomic E-state index is 12.7. The van der Waals surface area contributed by atoms with Gasteiger partial charge < -0.3 is 14.8 Å². The van der Waals surface area contributed by atoms with Crippen molar-refractivity contribution in [3.8, 4) is 11.5 Å². The topological polar surface area (TPSA) is 47.6 Å². The van der Waals surface area contributed by atoms with E-state index in [0.717, 1.165) is 4.90 Å². The maximum Gasteiger partial charge on any atom is 0.237 e. The molecule has 2 aromatic rings. The van der Waals surface area contributed by atoms with Crippen LogP contribution in [0, 0.1) is 0 Å². The SMILES string of the molecule is CC[C@H](Sc1ccc(Cl)cc1)C(=O)Nc1cc(OC)c(Cl)cc1OC. The number of halogens is 2. The predicted octanol–water partition coefficient (Wildman–Crippen LogP) is 5.52. The minimum absolute atomic E-state index is 0.120. The molecule has 0 radical (unpaired) electrons. The lowest BCUT2D eigenvalue weighted by atomic mass is 10.2. The highest BCUT2D eigenvalue weighted by Gasteiger charge is 2.20. The van der Waals surface area contributed by atoms with Crippen LogP contribution in [-0.2, 0) is 4.79 Å². The van der Waals surface area contributed by atoms with Crippen LogP contribution in [0.2, 0.25) is 10.0 Å². The first-order valence-electron chi connectivity index (χ1n) is 7.63. The molecule has 2 rings (SSSR count). The van der Waals surface area contributed by atoms with E-state index in [9.17, 15) is 4.79 Å². The van der Waals surface area contributed by atoms with Crippen LogP contribution in [0.4, 0.5) is 5.69 Å². The van der Waals surface area contributed by atoms with E-state index < -0.39 is 0 Å². The fraction of sp³-hybridized carbons (Fsp3) is 0.278. The van der Waals surface area contributed by atoms with E-state index in [1.165, 1.54) is 26.0 Å². The molecular formula is C18H19Cl2NO3S. The lowest BCUT2D eigenvalue weighted by Gasteiger charge is -2.17. The number of nitrogens with one attached hydrogen (secondary N) is 1. The molecule has 0 aliphatic carbocycles. The summed E-state index contributed by atoms with van der Waals surface area (Å²) in [6, 6.07) is 10.7. The summed E-state index contributed by atoms with van der Waals surface area (Å²) in [7, 11) is 3.04. The van der Waals surface area contributed by atoms with Crippen molar-refractivity contribution in [2.75, 3.05) is 19.5 Å². The molecular weight excluding hydrogens is 381 g/mol. The highest BCUT2D eigenvalue weighted by Crippen LogP contribution is 2.36. The summed E-state index contributed by atoms with van der Waals surface area (Å²) in [5.74, 6) is 0.826. The molecule has 0 heterocycles. The summed E-state index contributed by atoms with van der Waals surface area (Å²) < 4.78 is 10.5. The number of carbonyl (C=O) groups excluding carboxylic acids is 1. The van der Waals surface area contributed by atoms with E-state index in [2.05, 4.69) is 5.32 Å². The van der Waals surface area contributed by atoms with Crippen LogP contribution in [0.15, 0.2) is 41.3 Å². The molecule has 134 valence electrons. The zero-order valence-corrected chi connectivity index (χ0v) is 16.5. The van der Waals surface area contributed by atoms with Gasteiger partial charge in [-0.05, 0) is 30.7 Å². The Hall–Kier alpha value is -1.56. The second-order valence-corrected chi connectivity index (χ2v) is 7.26. The monoisotopic (exact) mass is 399 g/mol. The molecule has 0 unspecified atom stereocenters. The van der Waals surface area contributed by atoms with Crippen molar-refractivity contribution < 1.29 is 14.3 Å². The van der Waals surface area contributed by atoms with E-state index in [1.54, 1.807) is 12.1 Å². The zero-order chi connectivity index (χ0) is 18.4. The molecule has 0 saturated carbocycles. The van der Waals surface area contributed by atoms with Gasteiger partial charge in [0, 0.05) is 22.1 Å². The zero-order valence-electron chi connectivity index (χ0n) is 14.1. The highest BCUT2D eigenvalue weighted by molar-refractivity contribution is 8.00. The number of hydrogen-bond acceptors (Lipinski definition) is 4. The van der Waals surface area contributed by atoms with E-state index in [0.29, 0.717) is 33.7 Å². The van der Waals surface area contributed by atoms with Crippen LogP contribution in [0.25, 0.3) is 0 Å². The van der Waals surface area contributed by atoms with E-state index in [4.69, 9.17) is 32.7 Å². The van der Waals surface area contributed by atoms with Gasteiger partial charge in [-0.1, -0.05) is 30.1 Å². The molecule has 2 aromatic carbocycles. The van der Waals surface area contributed by atoms with Gasteiger partial charge in [0.25, 0.3) is 0 Å². The normalized spacial score (nSPS) is 11.7. The lowest BCUT2D eigenvalue weighted by molar-refractivity contribution is -0.115. The Morgan fingerprint density at radius 1 is 1.12 bits per heavy atom. The molecule has 1 atom stereocenters. The molecule has 25 heavy (non-hydrogen) atoms. The predicted molar refractivity (Wildman–Crippen MR) is 105 cm³/mol. The van der Waals surface area contributed by atoms with Gasteiger partial charge in [-0.25, -0.2) is 0 Å². The summed E-state index contributed by atoms with van der Waals surface area (Å²) in [6.45, 7) is 1.97. The number of anilines is 1. The number of benzene rings is 2. The fourth-order valence-electron chi connectivity index (χ4n) is 2.17. The van der Waals surface area contributed by atoms with Crippen molar-refractivity contribution in [2.45, 2.75) is 23.5 Å². The van der Waals surface area contributed by atoms with Crippen molar-refractivity contribution in [3.05, 3.63) is 46.4 Å². The smallest absolute Gasteiger partial charge is 0.237 e. The van der Waals surface area contributed by atoms with Gasteiger partial charge >= 0.3 is 0 Å². The van der Waals surface area contributed by atoms with E-state index in [1.807, 2.05) is 31.2 Å². The van der Waals surface area contributed by atoms with Crippen molar-refractivity contribution >= 4 is 46.6 Å². The second kappa shape index (κ2) is 9.22. The summed E-state index contributed by atoms with van der Waals surface area (Å²) in [5, 5.41) is 3.72. The Bertz CT molecular complexity index is 738. The Labute approximate surface area is 161 Å². The summed E-state index contributed by atoms with van der Waals surface area (Å²) in [6.07, 6.45) is 0.673. The third kappa shape index (κ3) is 5.21. The molecule has 0 aliphatic heterocycles. The number of ether oxygens (including phenoxy) is 2. The molecule has 4 nitrogen and oxygen atoms in total. The van der Waals surface area contributed by atoms with Crippen molar-refractivity contribution in [1.82, 2.24) is 0 Å². The summed E-state index contributed by atoms with van der Waals surface area (Å²) in [4.78, 5) is 13.7. The summed E-state index contributed by atoms with van der Waals surface area (Å²) in [5.41, 5.74) is 0.518. The average Bonchev–Trinajstić information content (AvgIpc) is 2.62. The number of amides is 1. The quantitative estimate of drug-likeness (QED) is 0.622. The maximum atomic E-state index is 12.7. The molecule has 7 heteroatoms. The molecule has 1 amide bonds. The second-order valence-electron chi connectivity index (χ2n) is 5.14. The van der Waals surface area contributed by atoms with Gasteiger partial charge in [0.05, 0.1) is 30.2 Å². The molecule has 0 bridgehead atoms. The third-order valence-electron chi connectivity index (χ3n) is 3.49. The minimum Gasteiger partial charge on any atom is -0.495 e. The van der Waals surface area contributed by atoms with Gasteiger partial charge in [0.2, 0.25) is 5.91 Å². The van der Waals surface area contributed by atoms with Crippen molar-refractivity contribution in [2.24, 2.45) is 0 Å². The van der Waals surface area contributed by atoms with Crippen LogP contribution >= 0.6 is 35.0 Å². The molecule has 0 aliphatic rings. The van der Waals surface area contributed by atoms with Crippen molar-refractivity contribution in [1.29, 1.82) is 0 Å². The number of hydrogen-bond donors (Lipinski definition) is 1. The van der Waals surface area contributed by atoms with E-state index in [-0.39, 0.29) is 11.2 Å². The first-order chi connectivity index (χ1) is 12.0. The largest absolute Gasteiger partial charge is 0.495 e. The van der Waals surface area contributed by atoms with Gasteiger partial charge in [-0.15, -0.1) is 11.8 Å². The molecule has 0 spiro atoms. The van der Waals surface area contributed by atoms with Crippen LogP contribution in [-0.4, -0.2) is 25.4 Å². The first kappa shape index (κ1) is 19.8. The van der Waals surface area contributed by atoms with Crippen LogP contribution in [0.3, 0.4) is 0 Å². The Balaban J connectivity index is 2.17. The third-order valence-corrected chi connectivity index (χ3v) is 5.41. The summed E-state index contributed by atoms with van der Waals surface area (Å²) >= 11 is 13.5. The van der Waals surface area contributed by atoms with Crippen LogP contribution < -0.4 is 14.8 Å². The van der Waals surface area contributed by atoms with Crippen LogP contribution in [0.5, 0.6) is 11.5 Å². The number of methoxy groups -OCH3 is 2. The first-order valence-corrected chi connectivity index (χ1v) is 9.26. The minimum atomic E-state index is -0.257. The Morgan fingerprint density at radius 2 is 1.76 bits per heavy atom.